The van der Waals surface area contributed by atoms with Crippen molar-refractivity contribution in [2.45, 2.75) is 20.3 Å². The summed E-state index contributed by atoms with van der Waals surface area (Å²) in [6, 6.07) is 3.85. The van der Waals surface area contributed by atoms with Gasteiger partial charge < -0.3 is 0 Å². The lowest BCUT2D eigenvalue weighted by Crippen LogP contribution is -1.82. The molecule has 0 amide bonds. The molecular weight excluding hydrogens is 146 g/mol. The minimum absolute atomic E-state index is 0.652. The highest BCUT2D eigenvalue weighted by molar-refractivity contribution is 5.31. The van der Waals surface area contributed by atoms with Gasteiger partial charge in [0.2, 0.25) is 0 Å². The van der Waals surface area contributed by atoms with Gasteiger partial charge in [0, 0.05) is 24.4 Å². The molecule has 0 atom stereocenters. The van der Waals surface area contributed by atoms with E-state index in [0.717, 1.165) is 12.0 Å². The van der Waals surface area contributed by atoms with Gasteiger partial charge >= 0.3 is 0 Å². The average Bonchev–Trinajstić information content (AvgIpc) is 2.05. The predicted molar refractivity (Wildman–Crippen MR) is 50.6 cm³/mol. The van der Waals surface area contributed by atoms with Crippen LogP contribution in [0.2, 0.25) is 0 Å². The fourth-order valence-electron chi connectivity index (χ4n) is 0.792. The van der Waals surface area contributed by atoms with Crippen LogP contribution in [0, 0.1) is 17.8 Å². The van der Waals surface area contributed by atoms with Crippen LogP contribution in [0.1, 0.15) is 25.8 Å². The van der Waals surface area contributed by atoms with Gasteiger partial charge in [0.1, 0.15) is 0 Å². The highest BCUT2D eigenvalue weighted by Crippen LogP contribution is 1.98. The highest BCUT2D eigenvalue weighted by Gasteiger charge is 1.86. The molecule has 12 heavy (non-hydrogen) atoms. The van der Waals surface area contributed by atoms with Crippen molar-refractivity contribution in [2.75, 3.05) is 0 Å². The van der Waals surface area contributed by atoms with E-state index in [-0.39, 0.29) is 0 Å². The molecule has 1 rings (SSSR count). The predicted octanol–water partition coefficient (Wildman–Crippen LogP) is 2.48. The second kappa shape index (κ2) is 4.56. The van der Waals surface area contributed by atoms with E-state index in [0.29, 0.717) is 5.92 Å². The summed E-state index contributed by atoms with van der Waals surface area (Å²) in [5.74, 6) is 6.86. The van der Waals surface area contributed by atoms with Crippen molar-refractivity contribution in [3.05, 3.63) is 30.1 Å². The molecule has 0 bridgehead atoms. The van der Waals surface area contributed by atoms with Crippen LogP contribution in [-0.2, 0) is 0 Å². The molecule has 1 heterocycles. The van der Waals surface area contributed by atoms with E-state index in [1.165, 1.54) is 0 Å². The standard InChI is InChI=1S/C11H13N/c1-10(2)4-3-5-11-6-8-12-9-7-11/h6-10H,4H2,1-2H3. The van der Waals surface area contributed by atoms with Gasteiger partial charge in [-0.15, -0.1) is 0 Å². The zero-order chi connectivity index (χ0) is 8.81. The summed E-state index contributed by atoms with van der Waals surface area (Å²) < 4.78 is 0. The van der Waals surface area contributed by atoms with Crippen LogP contribution in [0.25, 0.3) is 0 Å². The van der Waals surface area contributed by atoms with Gasteiger partial charge in [-0.1, -0.05) is 25.7 Å². The summed E-state index contributed by atoms with van der Waals surface area (Å²) in [5.41, 5.74) is 1.05. The third kappa shape index (κ3) is 3.21. The summed E-state index contributed by atoms with van der Waals surface area (Å²) >= 11 is 0. The molecule has 0 unspecified atom stereocenters. The number of rotatable bonds is 1. The van der Waals surface area contributed by atoms with Crippen molar-refractivity contribution < 1.29 is 0 Å². The van der Waals surface area contributed by atoms with E-state index in [1.807, 2.05) is 12.1 Å². The molecule has 0 aromatic carbocycles. The molecule has 0 N–H and O–H groups in total. The summed E-state index contributed by atoms with van der Waals surface area (Å²) in [6.45, 7) is 4.34. The van der Waals surface area contributed by atoms with E-state index in [2.05, 4.69) is 30.7 Å². The fourth-order valence-corrected chi connectivity index (χ4v) is 0.792. The van der Waals surface area contributed by atoms with E-state index in [1.54, 1.807) is 12.4 Å². The Morgan fingerprint density at radius 3 is 2.58 bits per heavy atom. The molecule has 0 aliphatic rings. The Bertz CT molecular complexity index is 277. The minimum Gasteiger partial charge on any atom is -0.265 e. The lowest BCUT2D eigenvalue weighted by atomic mass is 10.1. The van der Waals surface area contributed by atoms with Gasteiger partial charge in [0.15, 0.2) is 0 Å². The Morgan fingerprint density at radius 2 is 2.00 bits per heavy atom. The molecule has 1 nitrogen and oxygen atoms in total. The zero-order valence-electron chi connectivity index (χ0n) is 7.54. The summed E-state index contributed by atoms with van der Waals surface area (Å²) in [7, 11) is 0. The summed E-state index contributed by atoms with van der Waals surface area (Å²) in [6.07, 6.45) is 4.49. The molecule has 0 fully saturated rings. The SMILES string of the molecule is CC(C)CC#Cc1ccncc1. The van der Waals surface area contributed by atoms with Crippen LogP contribution in [0.15, 0.2) is 24.5 Å². The van der Waals surface area contributed by atoms with Crippen LogP contribution >= 0.6 is 0 Å². The molecule has 62 valence electrons. The van der Waals surface area contributed by atoms with Crippen molar-refractivity contribution in [1.29, 1.82) is 0 Å². The van der Waals surface area contributed by atoms with Crippen LogP contribution in [-0.4, -0.2) is 4.98 Å². The third-order valence-corrected chi connectivity index (χ3v) is 1.42. The van der Waals surface area contributed by atoms with E-state index in [9.17, 15) is 0 Å². The molecule has 1 heteroatoms. The highest BCUT2D eigenvalue weighted by atomic mass is 14.6. The van der Waals surface area contributed by atoms with Gasteiger partial charge in [-0.3, -0.25) is 4.98 Å². The molecule has 0 saturated heterocycles. The average molecular weight is 159 g/mol. The van der Waals surface area contributed by atoms with E-state index < -0.39 is 0 Å². The maximum atomic E-state index is 3.92. The van der Waals surface area contributed by atoms with Crippen LogP contribution < -0.4 is 0 Å². The number of pyridine rings is 1. The molecule has 0 aliphatic carbocycles. The zero-order valence-corrected chi connectivity index (χ0v) is 7.54. The molecule has 0 spiro atoms. The summed E-state index contributed by atoms with van der Waals surface area (Å²) in [5, 5.41) is 0. The topological polar surface area (TPSA) is 12.9 Å². The molecule has 0 aliphatic heterocycles. The van der Waals surface area contributed by atoms with Crippen molar-refractivity contribution in [3.63, 3.8) is 0 Å². The number of hydrogen-bond acceptors (Lipinski definition) is 1. The lowest BCUT2D eigenvalue weighted by molar-refractivity contribution is 0.676. The first-order chi connectivity index (χ1) is 5.79. The van der Waals surface area contributed by atoms with Gasteiger partial charge in [-0.2, -0.15) is 0 Å². The minimum atomic E-state index is 0.652. The van der Waals surface area contributed by atoms with Crippen LogP contribution in [0.3, 0.4) is 0 Å². The Morgan fingerprint density at radius 1 is 1.33 bits per heavy atom. The molecule has 1 aromatic heterocycles. The van der Waals surface area contributed by atoms with Crippen LogP contribution in [0.5, 0.6) is 0 Å². The van der Waals surface area contributed by atoms with Crippen molar-refractivity contribution in [3.8, 4) is 11.8 Å². The van der Waals surface area contributed by atoms with Crippen molar-refractivity contribution >= 4 is 0 Å². The second-order valence-corrected chi connectivity index (χ2v) is 3.14. The normalized spacial score (nSPS) is 9.25. The molecular formula is C11H13N. The second-order valence-electron chi connectivity index (χ2n) is 3.14. The Labute approximate surface area is 73.8 Å². The number of hydrogen-bond donors (Lipinski definition) is 0. The van der Waals surface area contributed by atoms with Gasteiger partial charge in [0.05, 0.1) is 0 Å². The Kier molecular flexibility index (Phi) is 3.35. The summed E-state index contributed by atoms with van der Waals surface area (Å²) in [4.78, 5) is 3.92. The third-order valence-electron chi connectivity index (χ3n) is 1.42. The first kappa shape index (κ1) is 8.80. The molecule has 1 aromatic rings. The van der Waals surface area contributed by atoms with Crippen LogP contribution in [0.4, 0.5) is 0 Å². The van der Waals surface area contributed by atoms with Crippen molar-refractivity contribution in [1.82, 2.24) is 4.98 Å². The van der Waals surface area contributed by atoms with Gasteiger partial charge in [0.25, 0.3) is 0 Å². The van der Waals surface area contributed by atoms with Gasteiger partial charge in [-0.05, 0) is 18.1 Å². The van der Waals surface area contributed by atoms with Gasteiger partial charge in [-0.25, -0.2) is 0 Å². The Hall–Kier alpha value is -1.29. The van der Waals surface area contributed by atoms with E-state index >= 15 is 0 Å². The largest absolute Gasteiger partial charge is 0.265 e. The first-order valence-electron chi connectivity index (χ1n) is 4.18. The number of nitrogens with zero attached hydrogens (tertiary/aromatic N) is 1. The quantitative estimate of drug-likeness (QED) is 0.574. The smallest absolute Gasteiger partial charge is 0.0280 e. The fraction of sp³-hybridized carbons (Fsp3) is 0.364. The Balaban J connectivity index is 2.55. The monoisotopic (exact) mass is 159 g/mol. The molecule has 0 saturated carbocycles. The molecule has 0 radical (unpaired) electrons. The first-order valence-corrected chi connectivity index (χ1v) is 4.18. The number of aromatic nitrogens is 1. The van der Waals surface area contributed by atoms with Crippen molar-refractivity contribution in [2.24, 2.45) is 5.92 Å². The maximum Gasteiger partial charge on any atom is 0.0280 e. The van der Waals surface area contributed by atoms with E-state index in [4.69, 9.17) is 0 Å². The maximum absolute atomic E-state index is 3.92. The lowest BCUT2D eigenvalue weighted by Gasteiger charge is -1.92.